The number of rotatable bonds is 13. The molecule has 5 aromatic rings. The fourth-order valence-corrected chi connectivity index (χ4v) is 6.97. The van der Waals surface area contributed by atoms with E-state index in [9.17, 15) is 53.1 Å². The van der Waals surface area contributed by atoms with Crippen LogP contribution in [0.15, 0.2) is 108 Å². The molecule has 5 rings (SSSR count). The SMILES string of the molecule is CC(C)(C)c1ccc(CN(C(=O)CN(C(F)(F)F)S(=O)(=O)c2c(F)c(F)c(F)c(F)c2F)c2ccc(C(=O)OCc3ccccc3)c(OCc3ccccc3)c2)cc1. The van der Waals surface area contributed by atoms with E-state index in [1.165, 1.54) is 6.07 Å². The van der Waals surface area contributed by atoms with Gasteiger partial charge in [0.1, 0.15) is 31.1 Å². The Labute approximate surface area is 328 Å². The van der Waals surface area contributed by atoms with Crippen LogP contribution in [0.5, 0.6) is 5.75 Å². The van der Waals surface area contributed by atoms with Crippen molar-refractivity contribution in [1.29, 1.82) is 0 Å². The number of alkyl halides is 3. The Morgan fingerprint density at radius 3 is 1.69 bits per heavy atom. The summed E-state index contributed by atoms with van der Waals surface area (Å²) < 4.78 is 151. The second kappa shape index (κ2) is 17.4. The van der Waals surface area contributed by atoms with Crippen LogP contribution < -0.4 is 9.64 Å². The molecule has 0 saturated heterocycles. The van der Waals surface area contributed by atoms with Gasteiger partial charge in [-0.2, -0.15) is 13.2 Å². The summed E-state index contributed by atoms with van der Waals surface area (Å²) in [5.74, 6) is -17.3. The van der Waals surface area contributed by atoms with Crippen molar-refractivity contribution in [2.75, 3.05) is 11.4 Å². The van der Waals surface area contributed by atoms with Gasteiger partial charge in [-0.25, -0.2) is 35.2 Å². The second-order valence-corrected chi connectivity index (χ2v) is 15.6. The first-order valence-electron chi connectivity index (χ1n) is 17.2. The van der Waals surface area contributed by atoms with E-state index in [4.69, 9.17) is 9.47 Å². The Kier molecular flexibility index (Phi) is 13.0. The molecule has 0 heterocycles. The van der Waals surface area contributed by atoms with Crippen LogP contribution in [0.25, 0.3) is 0 Å². The molecule has 0 aliphatic carbocycles. The number of hydrogen-bond acceptors (Lipinski definition) is 6. The van der Waals surface area contributed by atoms with Crippen LogP contribution in [0.2, 0.25) is 0 Å². The summed E-state index contributed by atoms with van der Waals surface area (Å²) in [5.41, 5.74) is 1.66. The molecule has 0 atom stereocenters. The third-order valence-corrected chi connectivity index (χ3v) is 10.5. The first-order chi connectivity index (χ1) is 27.2. The van der Waals surface area contributed by atoms with E-state index in [1.807, 2.05) is 20.8 Å². The van der Waals surface area contributed by atoms with E-state index in [0.717, 1.165) is 17.7 Å². The number of carbonyl (C=O) groups is 2. The number of esters is 1. The van der Waals surface area contributed by atoms with Crippen LogP contribution in [-0.2, 0) is 44.7 Å². The molecule has 5 aromatic carbocycles. The molecule has 0 aliphatic rings. The molecule has 17 heteroatoms. The van der Waals surface area contributed by atoms with E-state index in [-0.39, 0.29) is 35.6 Å². The first kappa shape index (κ1) is 43.3. The molecule has 0 aromatic heterocycles. The van der Waals surface area contributed by atoms with Crippen molar-refractivity contribution in [3.8, 4) is 5.75 Å². The van der Waals surface area contributed by atoms with E-state index < -0.39 is 79.6 Å². The highest BCUT2D eigenvalue weighted by Crippen LogP contribution is 2.36. The van der Waals surface area contributed by atoms with Crippen molar-refractivity contribution in [2.45, 2.75) is 57.1 Å². The number of nitrogens with zero attached hydrogens (tertiary/aromatic N) is 2. The molecule has 0 fully saturated rings. The maximum absolute atomic E-state index is 14.7. The molecular weight excluding hydrogens is 801 g/mol. The Hall–Kier alpha value is -5.81. The molecule has 1 amide bonds. The van der Waals surface area contributed by atoms with Crippen LogP contribution in [0.4, 0.5) is 40.8 Å². The van der Waals surface area contributed by atoms with Gasteiger partial charge in [0.2, 0.25) is 11.7 Å². The number of hydrogen-bond donors (Lipinski definition) is 0. The molecule has 0 aliphatic heterocycles. The molecular formula is C41H34F8N2O6S. The number of sulfonamides is 1. The molecule has 0 N–H and O–H groups in total. The summed E-state index contributed by atoms with van der Waals surface area (Å²) in [6.07, 6.45) is -6.13. The van der Waals surface area contributed by atoms with Crippen LogP contribution in [-0.4, -0.2) is 37.4 Å². The van der Waals surface area contributed by atoms with Gasteiger partial charge < -0.3 is 14.4 Å². The van der Waals surface area contributed by atoms with Gasteiger partial charge in [-0.3, -0.25) is 4.79 Å². The monoisotopic (exact) mass is 834 g/mol. The maximum Gasteiger partial charge on any atom is 0.474 e. The first-order valence-corrected chi connectivity index (χ1v) is 18.7. The van der Waals surface area contributed by atoms with Crippen LogP contribution in [0.3, 0.4) is 0 Å². The number of anilines is 1. The van der Waals surface area contributed by atoms with Crippen molar-refractivity contribution in [1.82, 2.24) is 4.31 Å². The Bertz CT molecular complexity index is 2360. The number of halogens is 8. The van der Waals surface area contributed by atoms with Gasteiger partial charge in [-0.15, -0.1) is 0 Å². The van der Waals surface area contributed by atoms with Crippen molar-refractivity contribution < 1.29 is 62.6 Å². The molecule has 0 spiro atoms. The van der Waals surface area contributed by atoms with Crippen LogP contribution >= 0.6 is 0 Å². The zero-order valence-electron chi connectivity index (χ0n) is 30.9. The van der Waals surface area contributed by atoms with Crippen LogP contribution in [0, 0.1) is 29.1 Å². The standard InChI is InChI=1S/C41H34F8N2O6S/c1-40(2,3)28-16-14-25(15-17-28)21-50(32(52)22-51(41(47,48)49)58(54,55)38-36(45)34(43)33(42)35(44)37(38)46)29-18-19-30(39(53)57-24-27-12-8-5-9-13-27)31(20-29)56-23-26-10-6-4-7-11-26/h4-20H,21-24H2,1-3H3. The fraction of sp³-hybridized carbons (Fsp3) is 0.220. The second-order valence-electron chi connectivity index (χ2n) is 13.8. The zero-order valence-corrected chi connectivity index (χ0v) is 31.7. The predicted octanol–water partition coefficient (Wildman–Crippen LogP) is 9.36. The minimum Gasteiger partial charge on any atom is -0.488 e. The van der Waals surface area contributed by atoms with Crippen molar-refractivity contribution >= 4 is 27.6 Å². The third kappa shape index (κ3) is 9.82. The van der Waals surface area contributed by atoms with E-state index in [2.05, 4.69) is 0 Å². The molecule has 306 valence electrons. The van der Waals surface area contributed by atoms with Gasteiger partial charge in [0.05, 0.1) is 6.54 Å². The van der Waals surface area contributed by atoms with Gasteiger partial charge in [-0.05, 0) is 39.8 Å². The smallest absolute Gasteiger partial charge is 0.474 e. The van der Waals surface area contributed by atoms with Gasteiger partial charge in [-0.1, -0.05) is 110 Å². The number of carbonyl (C=O) groups excluding carboxylic acids is 2. The molecule has 8 nitrogen and oxygen atoms in total. The maximum atomic E-state index is 14.7. The Morgan fingerprint density at radius 1 is 0.655 bits per heavy atom. The lowest BCUT2D eigenvalue weighted by Gasteiger charge is -2.29. The lowest BCUT2D eigenvalue weighted by atomic mass is 9.87. The van der Waals surface area contributed by atoms with Gasteiger partial charge in [0.15, 0.2) is 28.2 Å². The molecule has 0 bridgehead atoms. The lowest BCUT2D eigenvalue weighted by Crippen LogP contribution is -2.49. The minimum absolute atomic E-state index is 0.145. The Balaban J connectivity index is 1.60. The summed E-state index contributed by atoms with van der Waals surface area (Å²) in [7, 11) is -6.70. The molecule has 0 saturated carbocycles. The van der Waals surface area contributed by atoms with Gasteiger partial charge in [0.25, 0.3) is 10.0 Å². The summed E-state index contributed by atoms with van der Waals surface area (Å²) in [4.78, 5) is 25.3. The number of benzene rings is 5. The fourth-order valence-electron chi connectivity index (χ4n) is 5.56. The quantitative estimate of drug-likeness (QED) is 0.0386. The summed E-state index contributed by atoms with van der Waals surface area (Å²) >= 11 is 0. The van der Waals surface area contributed by atoms with Crippen molar-refractivity contribution in [3.05, 3.63) is 160 Å². The number of ether oxygens (including phenoxy) is 2. The molecule has 58 heavy (non-hydrogen) atoms. The van der Waals surface area contributed by atoms with Gasteiger partial charge >= 0.3 is 12.3 Å². The molecule has 0 radical (unpaired) electrons. The highest BCUT2D eigenvalue weighted by Gasteiger charge is 2.51. The largest absolute Gasteiger partial charge is 0.488 e. The van der Waals surface area contributed by atoms with Crippen molar-refractivity contribution in [2.24, 2.45) is 0 Å². The summed E-state index contributed by atoms with van der Waals surface area (Å²) in [6, 6.07) is 27.1. The van der Waals surface area contributed by atoms with Gasteiger partial charge in [0, 0.05) is 11.8 Å². The van der Waals surface area contributed by atoms with Crippen molar-refractivity contribution in [3.63, 3.8) is 0 Å². The average molecular weight is 835 g/mol. The van der Waals surface area contributed by atoms with E-state index in [1.54, 1.807) is 84.9 Å². The highest BCUT2D eigenvalue weighted by molar-refractivity contribution is 7.89. The normalized spacial score (nSPS) is 12.1. The Morgan fingerprint density at radius 2 is 1.17 bits per heavy atom. The molecule has 0 unspecified atom stereocenters. The lowest BCUT2D eigenvalue weighted by molar-refractivity contribution is -0.210. The van der Waals surface area contributed by atoms with E-state index >= 15 is 0 Å². The predicted molar refractivity (Wildman–Crippen MR) is 195 cm³/mol. The average Bonchev–Trinajstić information content (AvgIpc) is 3.18. The third-order valence-electron chi connectivity index (χ3n) is 8.69. The van der Waals surface area contributed by atoms with Crippen LogP contribution in [0.1, 0.15) is 53.4 Å². The zero-order chi connectivity index (χ0) is 42.6. The van der Waals surface area contributed by atoms with E-state index in [0.29, 0.717) is 21.6 Å². The minimum atomic E-state index is -6.70. The summed E-state index contributed by atoms with van der Waals surface area (Å²) in [6.45, 7) is 2.67. The topological polar surface area (TPSA) is 93.2 Å². The highest BCUT2D eigenvalue weighted by atomic mass is 32.2. The number of amides is 1. The summed E-state index contributed by atoms with van der Waals surface area (Å²) in [5, 5.41) is 0.